The van der Waals surface area contributed by atoms with E-state index in [2.05, 4.69) is 6.92 Å². The third-order valence-corrected chi connectivity index (χ3v) is 6.21. The first-order valence-corrected chi connectivity index (χ1v) is 13.5. The lowest BCUT2D eigenvalue weighted by atomic mass is 10.0. The summed E-state index contributed by atoms with van der Waals surface area (Å²) in [6.45, 7) is 4.12. The molecular weight excluding hydrogens is 410 g/mol. The number of hydrogen-bond donors (Lipinski definition) is 2. The molecule has 31 heavy (non-hydrogen) atoms. The van der Waals surface area contributed by atoms with Crippen LogP contribution in [0, 0.1) is 6.92 Å². The number of unbranched alkanes of at least 4 members (excludes halogenated alkanes) is 14. The van der Waals surface area contributed by atoms with Crippen molar-refractivity contribution in [2.24, 2.45) is 5.73 Å². The molecule has 0 aliphatic rings. The molecule has 0 heterocycles. The molecule has 0 unspecified atom stereocenters. The van der Waals surface area contributed by atoms with Crippen LogP contribution >= 0.6 is 0 Å². The maximum absolute atomic E-state index is 10.6. The van der Waals surface area contributed by atoms with Gasteiger partial charge < -0.3 is 5.73 Å². The fourth-order valence-electron chi connectivity index (χ4n) is 3.38. The molecule has 6 heteroatoms. The number of carbonyl (C=O) groups is 1. The highest BCUT2D eigenvalue weighted by Crippen LogP contribution is 2.13. The number of primary amides is 1. The van der Waals surface area contributed by atoms with Crippen LogP contribution in [0.25, 0.3) is 0 Å². The highest BCUT2D eigenvalue weighted by molar-refractivity contribution is 7.85. The molecule has 1 rings (SSSR count). The number of amides is 1. The molecular formula is C25H45NO4S. The van der Waals surface area contributed by atoms with Gasteiger partial charge in [0.1, 0.15) is 0 Å². The summed E-state index contributed by atoms with van der Waals surface area (Å²) in [4.78, 5) is 10.5. The Morgan fingerprint density at radius 1 is 0.742 bits per heavy atom. The molecule has 5 nitrogen and oxygen atoms in total. The molecule has 180 valence electrons. The van der Waals surface area contributed by atoms with E-state index in [9.17, 15) is 13.2 Å². The topological polar surface area (TPSA) is 97.5 Å². The van der Waals surface area contributed by atoms with E-state index in [-0.39, 0.29) is 10.8 Å². The van der Waals surface area contributed by atoms with Crippen molar-refractivity contribution in [2.45, 2.75) is 121 Å². The van der Waals surface area contributed by atoms with E-state index in [1.54, 1.807) is 12.1 Å². The third kappa shape index (κ3) is 20.3. The zero-order valence-corrected chi connectivity index (χ0v) is 20.6. The number of aryl methyl sites for hydroxylation is 1. The van der Waals surface area contributed by atoms with E-state index in [4.69, 9.17) is 10.3 Å². The summed E-state index contributed by atoms with van der Waals surface area (Å²) >= 11 is 0. The van der Waals surface area contributed by atoms with E-state index in [1.807, 2.05) is 6.92 Å². The molecule has 0 fully saturated rings. The quantitative estimate of drug-likeness (QED) is 0.196. The Kier molecular flexibility index (Phi) is 18.4. The highest BCUT2D eigenvalue weighted by Gasteiger charge is 2.06. The van der Waals surface area contributed by atoms with Crippen LogP contribution in [0.2, 0.25) is 0 Å². The minimum absolute atomic E-state index is 0.0666. The van der Waals surface area contributed by atoms with E-state index < -0.39 is 10.1 Å². The SMILES string of the molecule is CCCCCCCCCCCCCCCCCC(N)=O.Cc1ccc(S(=O)(=O)O)cc1. The maximum atomic E-state index is 10.6. The maximum Gasteiger partial charge on any atom is 0.294 e. The Balaban J connectivity index is 0.000000683. The molecule has 0 aliphatic heterocycles. The van der Waals surface area contributed by atoms with Gasteiger partial charge in [0.25, 0.3) is 10.1 Å². The van der Waals surface area contributed by atoms with Gasteiger partial charge in [0.05, 0.1) is 4.90 Å². The molecule has 0 radical (unpaired) electrons. The van der Waals surface area contributed by atoms with E-state index in [1.165, 1.54) is 102 Å². The first kappa shape index (κ1) is 29.6. The van der Waals surface area contributed by atoms with Crippen molar-refractivity contribution in [1.29, 1.82) is 0 Å². The summed E-state index contributed by atoms with van der Waals surface area (Å²) in [5.74, 6) is -0.153. The Labute approximate surface area is 191 Å². The van der Waals surface area contributed by atoms with Crippen LogP contribution in [0.1, 0.15) is 115 Å². The Morgan fingerprint density at radius 3 is 1.42 bits per heavy atom. The molecule has 0 aromatic heterocycles. The lowest BCUT2D eigenvalue weighted by Gasteiger charge is -2.03. The summed E-state index contributed by atoms with van der Waals surface area (Å²) in [5.41, 5.74) is 6.06. The zero-order chi connectivity index (χ0) is 23.4. The van der Waals surface area contributed by atoms with Crippen molar-refractivity contribution in [3.05, 3.63) is 29.8 Å². The first-order chi connectivity index (χ1) is 14.8. The second-order valence-electron chi connectivity index (χ2n) is 8.45. The number of benzene rings is 1. The van der Waals surface area contributed by atoms with Crippen molar-refractivity contribution in [2.75, 3.05) is 0 Å². The second-order valence-corrected chi connectivity index (χ2v) is 9.88. The summed E-state index contributed by atoms with van der Waals surface area (Å²) < 4.78 is 29.6. The van der Waals surface area contributed by atoms with Crippen LogP contribution in [0.3, 0.4) is 0 Å². The van der Waals surface area contributed by atoms with Gasteiger partial charge >= 0.3 is 0 Å². The van der Waals surface area contributed by atoms with E-state index in [0.717, 1.165) is 12.0 Å². The number of nitrogens with two attached hydrogens (primary N) is 1. The second kappa shape index (κ2) is 19.3. The van der Waals surface area contributed by atoms with Gasteiger partial charge in [-0.15, -0.1) is 0 Å². The lowest BCUT2D eigenvalue weighted by Crippen LogP contribution is -2.09. The molecule has 0 spiro atoms. The molecule has 0 aliphatic carbocycles. The average Bonchev–Trinajstić information content (AvgIpc) is 2.71. The third-order valence-electron chi connectivity index (χ3n) is 5.35. The van der Waals surface area contributed by atoms with Gasteiger partial charge in [-0.3, -0.25) is 9.35 Å². The Bertz CT molecular complexity index is 657. The Hall–Kier alpha value is -1.40. The van der Waals surface area contributed by atoms with Crippen molar-refractivity contribution in [1.82, 2.24) is 0 Å². The van der Waals surface area contributed by atoms with Crippen molar-refractivity contribution >= 4 is 16.0 Å². The predicted octanol–water partition coefficient (Wildman–Crippen LogP) is 6.97. The van der Waals surface area contributed by atoms with Gasteiger partial charge in [0, 0.05) is 6.42 Å². The number of hydrogen-bond acceptors (Lipinski definition) is 3. The van der Waals surface area contributed by atoms with Crippen LogP contribution in [-0.2, 0) is 14.9 Å². The Morgan fingerprint density at radius 2 is 1.10 bits per heavy atom. The van der Waals surface area contributed by atoms with Gasteiger partial charge in [-0.05, 0) is 25.5 Å². The zero-order valence-electron chi connectivity index (χ0n) is 19.8. The summed E-state index contributed by atoms with van der Waals surface area (Å²) in [6.07, 6.45) is 20.9. The van der Waals surface area contributed by atoms with Crippen LogP contribution in [0.5, 0.6) is 0 Å². The smallest absolute Gasteiger partial charge is 0.294 e. The highest BCUT2D eigenvalue weighted by atomic mass is 32.2. The van der Waals surface area contributed by atoms with Crippen LogP contribution in [0.4, 0.5) is 0 Å². The van der Waals surface area contributed by atoms with E-state index >= 15 is 0 Å². The normalized spacial score (nSPS) is 11.1. The molecule has 0 saturated heterocycles. The molecule has 0 bridgehead atoms. The number of carbonyl (C=O) groups excluding carboxylic acids is 1. The minimum Gasteiger partial charge on any atom is -0.370 e. The fraction of sp³-hybridized carbons (Fsp3) is 0.720. The molecule has 1 aromatic carbocycles. The molecule has 3 N–H and O–H groups in total. The molecule has 0 atom stereocenters. The van der Waals surface area contributed by atoms with E-state index in [0.29, 0.717) is 6.42 Å². The van der Waals surface area contributed by atoms with Crippen LogP contribution < -0.4 is 5.73 Å². The molecule has 1 aromatic rings. The van der Waals surface area contributed by atoms with Crippen LogP contribution in [0.15, 0.2) is 29.2 Å². The summed E-state index contributed by atoms with van der Waals surface area (Å²) in [6, 6.07) is 5.99. The first-order valence-electron chi connectivity index (χ1n) is 12.1. The van der Waals surface area contributed by atoms with Crippen molar-refractivity contribution in [3.63, 3.8) is 0 Å². The monoisotopic (exact) mass is 455 g/mol. The summed E-state index contributed by atoms with van der Waals surface area (Å²) in [5, 5.41) is 0. The van der Waals surface area contributed by atoms with Crippen LogP contribution in [-0.4, -0.2) is 18.9 Å². The standard InChI is InChI=1S/C18H37NO.C7H8O3S/c1-2-3-4-5-6-7-8-9-10-11-12-13-14-15-16-17-18(19)20;1-6-2-4-7(5-3-6)11(8,9)10/h2-17H2,1H3,(H2,19,20);2-5H,1H3,(H,8,9,10). The van der Waals surface area contributed by atoms with Gasteiger partial charge in [-0.2, -0.15) is 8.42 Å². The summed E-state index contributed by atoms with van der Waals surface area (Å²) in [7, 11) is -4.02. The van der Waals surface area contributed by atoms with Gasteiger partial charge in [-0.1, -0.05) is 115 Å². The number of rotatable bonds is 17. The van der Waals surface area contributed by atoms with Gasteiger partial charge in [0.15, 0.2) is 0 Å². The lowest BCUT2D eigenvalue weighted by molar-refractivity contribution is -0.118. The molecule has 0 saturated carbocycles. The van der Waals surface area contributed by atoms with Crippen molar-refractivity contribution < 1.29 is 17.8 Å². The fourth-order valence-corrected chi connectivity index (χ4v) is 3.86. The minimum atomic E-state index is -4.02. The predicted molar refractivity (Wildman–Crippen MR) is 130 cm³/mol. The molecule has 1 amide bonds. The van der Waals surface area contributed by atoms with Gasteiger partial charge in [0.2, 0.25) is 5.91 Å². The largest absolute Gasteiger partial charge is 0.370 e. The average molecular weight is 456 g/mol. The van der Waals surface area contributed by atoms with Crippen molar-refractivity contribution in [3.8, 4) is 0 Å². The van der Waals surface area contributed by atoms with Gasteiger partial charge in [-0.25, -0.2) is 0 Å².